The molecule has 0 fully saturated rings. The zero-order valence-corrected chi connectivity index (χ0v) is 21.7. The minimum atomic E-state index is -0.546. The number of nitrogens with zero attached hydrogens (tertiary/aromatic N) is 4. The average Bonchev–Trinajstić information content (AvgIpc) is 3.22. The summed E-state index contributed by atoms with van der Waals surface area (Å²) in [6, 6.07) is 16.7. The number of ether oxygens (including phenoxy) is 1. The number of hydrogen-bond donors (Lipinski definition) is 1. The van der Waals surface area contributed by atoms with Gasteiger partial charge in [0.25, 0.3) is 11.5 Å². The minimum Gasteiger partial charge on any atom is -0.380 e. The van der Waals surface area contributed by atoms with Crippen molar-refractivity contribution in [3.05, 3.63) is 103 Å². The summed E-state index contributed by atoms with van der Waals surface area (Å²) in [5.41, 5.74) is 5.43. The van der Waals surface area contributed by atoms with Gasteiger partial charge in [-0.25, -0.2) is 5.43 Å². The lowest BCUT2D eigenvalue weighted by atomic mass is 10.1. The monoisotopic (exact) mass is 535 g/mol. The van der Waals surface area contributed by atoms with Crippen molar-refractivity contribution in [2.24, 2.45) is 5.10 Å². The number of rotatable bonds is 8. The van der Waals surface area contributed by atoms with E-state index in [4.69, 9.17) is 27.9 Å². The number of hydrogen-bond acceptors (Lipinski definition) is 5. The quantitative estimate of drug-likeness (QED) is 0.262. The lowest BCUT2D eigenvalue weighted by Gasteiger charge is -2.12. The van der Waals surface area contributed by atoms with E-state index in [1.54, 1.807) is 37.4 Å². The van der Waals surface area contributed by atoms with Gasteiger partial charge in [0, 0.05) is 56.6 Å². The zero-order valence-electron chi connectivity index (χ0n) is 20.2. The number of hydrazone groups is 1. The van der Waals surface area contributed by atoms with Gasteiger partial charge in [-0.3, -0.25) is 9.59 Å². The van der Waals surface area contributed by atoms with Crippen LogP contribution in [0.5, 0.6) is 0 Å². The molecule has 1 amide bonds. The number of methoxy groups -OCH3 is 1. The molecule has 0 bridgehead atoms. The van der Waals surface area contributed by atoms with Crippen molar-refractivity contribution in [2.75, 3.05) is 7.11 Å². The van der Waals surface area contributed by atoms with E-state index >= 15 is 0 Å². The van der Waals surface area contributed by atoms with Crippen LogP contribution in [0.2, 0.25) is 10.0 Å². The Kier molecular flexibility index (Phi) is 8.09. The van der Waals surface area contributed by atoms with Crippen LogP contribution in [0, 0.1) is 18.3 Å². The van der Waals surface area contributed by atoms with Crippen molar-refractivity contribution < 1.29 is 9.53 Å². The molecule has 37 heavy (non-hydrogen) atoms. The Morgan fingerprint density at radius 3 is 2.62 bits per heavy atom. The molecule has 1 N–H and O–H groups in total. The highest BCUT2D eigenvalue weighted by atomic mass is 35.5. The summed E-state index contributed by atoms with van der Waals surface area (Å²) in [7, 11) is 1.48. The number of para-hydroxylation sites is 1. The molecule has 188 valence electrons. The molecule has 0 aliphatic heterocycles. The minimum absolute atomic E-state index is 0.0461. The fraction of sp³-hybridized carbons (Fsp3) is 0.185. The van der Waals surface area contributed by atoms with Gasteiger partial charge in [-0.2, -0.15) is 10.4 Å². The summed E-state index contributed by atoms with van der Waals surface area (Å²) < 4.78 is 8.31. The molecule has 0 aliphatic carbocycles. The first-order valence-electron chi connectivity index (χ1n) is 11.3. The maximum Gasteiger partial charge on any atom is 0.269 e. The van der Waals surface area contributed by atoms with Gasteiger partial charge in [0.05, 0.1) is 19.4 Å². The highest BCUT2D eigenvalue weighted by Gasteiger charge is 2.15. The van der Waals surface area contributed by atoms with Crippen LogP contribution < -0.4 is 11.0 Å². The van der Waals surface area contributed by atoms with E-state index < -0.39 is 11.5 Å². The third kappa shape index (κ3) is 5.59. The number of benzene rings is 2. The molecule has 8 nitrogen and oxygen atoms in total. The normalized spacial score (nSPS) is 11.2. The molecule has 0 unspecified atom stereocenters. The number of carbonyl (C=O) groups is 1. The summed E-state index contributed by atoms with van der Waals surface area (Å²) >= 11 is 12.7. The van der Waals surface area contributed by atoms with Crippen molar-refractivity contribution in [3.63, 3.8) is 0 Å². The van der Waals surface area contributed by atoms with E-state index in [-0.39, 0.29) is 18.7 Å². The van der Waals surface area contributed by atoms with Gasteiger partial charge in [-0.05, 0) is 31.2 Å². The number of fused-ring (bicyclic) bond motifs is 1. The average molecular weight is 536 g/mol. The van der Waals surface area contributed by atoms with E-state index in [0.717, 1.165) is 22.0 Å². The van der Waals surface area contributed by atoms with Crippen LogP contribution in [-0.2, 0) is 29.2 Å². The number of halogens is 2. The molecule has 0 saturated heterocycles. The Labute approximate surface area is 223 Å². The zero-order chi connectivity index (χ0) is 26.5. The van der Waals surface area contributed by atoms with Gasteiger partial charge in [-0.15, -0.1) is 0 Å². The summed E-state index contributed by atoms with van der Waals surface area (Å²) in [5.74, 6) is -0.503. The molecule has 2 aromatic carbocycles. The fourth-order valence-corrected chi connectivity index (χ4v) is 4.65. The Hall–Kier alpha value is -3.90. The second-order valence-corrected chi connectivity index (χ2v) is 9.16. The molecular formula is C27H23Cl2N5O3. The van der Waals surface area contributed by atoms with E-state index in [0.29, 0.717) is 27.8 Å². The smallest absolute Gasteiger partial charge is 0.269 e. The van der Waals surface area contributed by atoms with Crippen LogP contribution in [0.3, 0.4) is 0 Å². The summed E-state index contributed by atoms with van der Waals surface area (Å²) in [4.78, 5) is 25.3. The molecule has 0 aliphatic rings. The first kappa shape index (κ1) is 26.2. The lowest BCUT2D eigenvalue weighted by Crippen LogP contribution is -2.33. The largest absolute Gasteiger partial charge is 0.380 e. The number of aromatic nitrogens is 2. The summed E-state index contributed by atoms with van der Waals surface area (Å²) in [6.07, 6.45) is 3.45. The molecule has 0 saturated carbocycles. The van der Waals surface area contributed by atoms with Crippen molar-refractivity contribution in [3.8, 4) is 6.07 Å². The Balaban J connectivity index is 1.54. The van der Waals surface area contributed by atoms with Crippen molar-refractivity contribution in [1.82, 2.24) is 14.6 Å². The predicted molar refractivity (Wildman–Crippen MR) is 144 cm³/mol. The highest BCUT2D eigenvalue weighted by molar-refractivity contribution is 6.36. The number of carbonyl (C=O) groups excluding carboxylic acids is 1. The Morgan fingerprint density at radius 1 is 1.19 bits per heavy atom. The number of nitrogens with one attached hydrogen (secondary N) is 1. The SMILES string of the molecule is COCc1cc(C)n(CC(=O)N/N=C/c2cn(Cc3c(Cl)cccc3Cl)c3ccccc23)c(=O)c1C#N. The van der Waals surface area contributed by atoms with E-state index in [9.17, 15) is 14.9 Å². The van der Waals surface area contributed by atoms with Crippen LogP contribution in [0.4, 0.5) is 0 Å². The van der Waals surface area contributed by atoms with Crippen LogP contribution >= 0.6 is 23.2 Å². The number of nitriles is 1. The van der Waals surface area contributed by atoms with E-state index in [1.165, 1.54) is 11.7 Å². The number of amides is 1. The van der Waals surface area contributed by atoms with Gasteiger partial charge >= 0.3 is 0 Å². The molecule has 0 radical (unpaired) electrons. The maximum absolute atomic E-state index is 12.7. The van der Waals surface area contributed by atoms with Gasteiger partial charge < -0.3 is 13.9 Å². The molecular weight excluding hydrogens is 513 g/mol. The highest BCUT2D eigenvalue weighted by Crippen LogP contribution is 2.28. The van der Waals surface area contributed by atoms with Crippen molar-refractivity contribution in [2.45, 2.75) is 26.6 Å². The Bertz CT molecular complexity index is 1590. The molecule has 2 aromatic heterocycles. The molecule has 10 heteroatoms. The topological polar surface area (TPSA) is 101 Å². The molecule has 2 heterocycles. The summed E-state index contributed by atoms with van der Waals surface area (Å²) in [5, 5.41) is 15.6. The summed E-state index contributed by atoms with van der Waals surface area (Å²) in [6.45, 7) is 2.00. The van der Waals surface area contributed by atoms with Crippen LogP contribution in [0.15, 0.2) is 64.6 Å². The van der Waals surface area contributed by atoms with Crippen molar-refractivity contribution in [1.29, 1.82) is 5.26 Å². The van der Waals surface area contributed by atoms with Gasteiger partial charge in [-0.1, -0.05) is 47.5 Å². The standard InChI is InChI=1S/C27H23Cl2N5O3/c1-17-10-18(16-37-2)21(11-30)27(36)34(17)15-26(35)32-31-12-19-13-33(25-9-4-3-6-20(19)25)14-22-23(28)7-5-8-24(22)29/h3-10,12-13H,14-16H2,1-2H3,(H,32,35)/b31-12+. The first-order valence-corrected chi connectivity index (χ1v) is 12.0. The number of pyridine rings is 1. The molecule has 0 spiro atoms. The van der Waals surface area contributed by atoms with Crippen LogP contribution in [0.1, 0.15) is 27.9 Å². The van der Waals surface area contributed by atoms with Gasteiger partial charge in [0.15, 0.2) is 0 Å². The number of aryl methyl sites for hydroxylation is 1. The van der Waals surface area contributed by atoms with E-state index in [1.807, 2.05) is 41.1 Å². The maximum atomic E-state index is 12.7. The van der Waals surface area contributed by atoms with Crippen molar-refractivity contribution >= 4 is 46.2 Å². The first-order chi connectivity index (χ1) is 17.8. The lowest BCUT2D eigenvalue weighted by molar-refractivity contribution is -0.121. The van der Waals surface area contributed by atoms with Gasteiger partial charge in [0.2, 0.25) is 0 Å². The van der Waals surface area contributed by atoms with E-state index in [2.05, 4.69) is 10.5 Å². The molecule has 0 atom stereocenters. The van der Waals surface area contributed by atoms with Gasteiger partial charge in [0.1, 0.15) is 18.2 Å². The second-order valence-electron chi connectivity index (χ2n) is 8.34. The van der Waals surface area contributed by atoms with Crippen LogP contribution in [-0.4, -0.2) is 28.4 Å². The third-order valence-corrected chi connectivity index (χ3v) is 6.61. The predicted octanol–water partition coefficient (Wildman–Crippen LogP) is 4.63. The fourth-order valence-electron chi connectivity index (χ4n) is 4.14. The van der Waals surface area contributed by atoms with Crippen LogP contribution in [0.25, 0.3) is 10.9 Å². The molecule has 4 aromatic rings. The Morgan fingerprint density at radius 2 is 1.92 bits per heavy atom. The second kappa shape index (κ2) is 11.4. The molecule has 4 rings (SSSR count). The third-order valence-electron chi connectivity index (χ3n) is 5.90.